The van der Waals surface area contributed by atoms with E-state index >= 15 is 0 Å². The van der Waals surface area contributed by atoms with Crippen molar-refractivity contribution < 1.29 is 4.79 Å². The average molecular weight is 611 g/mol. The molecule has 5 rings (SSSR count). The lowest BCUT2D eigenvalue weighted by Crippen LogP contribution is -2.50. The summed E-state index contributed by atoms with van der Waals surface area (Å²) in [6, 6.07) is 6.44. The van der Waals surface area contributed by atoms with Crippen molar-refractivity contribution in [2.24, 2.45) is 5.92 Å². The molecule has 3 heterocycles. The van der Waals surface area contributed by atoms with Gasteiger partial charge in [0.25, 0.3) is 0 Å². The Morgan fingerprint density at radius 1 is 1.09 bits per heavy atom. The van der Waals surface area contributed by atoms with Gasteiger partial charge in [-0.3, -0.25) is 14.7 Å². The molecule has 1 aromatic heterocycles. The van der Waals surface area contributed by atoms with E-state index < -0.39 is 0 Å². The highest BCUT2D eigenvalue weighted by atomic mass is 79.9. The number of hydrogen-bond acceptors (Lipinski definition) is 4. The Morgan fingerprint density at radius 2 is 1.82 bits per heavy atom. The Morgan fingerprint density at radius 3 is 2.56 bits per heavy atom. The molecule has 1 atom stereocenters. The van der Waals surface area contributed by atoms with Crippen LogP contribution in [0.5, 0.6) is 0 Å². The summed E-state index contributed by atoms with van der Waals surface area (Å²) in [6.45, 7) is 5.46. The van der Waals surface area contributed by atoms with E-state index in [1.54, 1.807) is 0 Å². The molecule has 34 heavy (non-hydrogen) atoms. The lowest BCUT2D eigenvalue weighted by Gasteiger charge is -2.40. The standard InChI is InChI=1S/C26H31Br2ClN4O/c1-31-8-6-17(7-9-31)14-23(34)32-10-12-33(13-11-32)26-21-4-5-22(29)24(28)20(21)3-2-18-15-19(27)16-30-25(18)26/h4-5,15-17,26H,2-3,6-14H2,1H3/t26-/m0/s1. The van der Waals surface area contributed by atoms with Crippen molar-refractivity contribution in [3.63, 3.8) is 0 Å². The highest BCUT2D eigenvalue weighted by Crippen LogP contribution is 2.41. The molecule has 2 saturated heterocycles. The molecule has 1 aliphatic carbocycles. The zero-order valence-electron chi connectivity index (χ0n) is 19.6. The molecule has 0 N–H and O–H groups in total. The summed E-state index contributed by atoms with van der Waals surface area (Å²) in [5, 5.41) is 0.752. The Bertz CT molecular complexity index is 1070. The number of fused-ring (bicyclic) bond motifs is 2. The largest absolute Gasteiger partial charge is 0.340 e. The van der Waals surface area contributed by atoms with Crippen LogP contribution in [0.2, 0.25) is 5.02 Å². The third-order valence-corrected chi connectivity index (χ3v) is 9.61. The molecule has 0 unspecified atom stereocenters. The average Bonchev–Trinajstić information content (AvgIpc) is 3.00. The number of aryl methyl sites for hydroxylation is 1. The fraction of sp³-hybridized carbons (Fsp3) is 0.538. The van der Waals surface area contributed by atoms with Crippen LogP contribution >= 0.6 is 43.5 Å². The van der Waals surface area contributed by atoms with Crippen molar-refractivity contribution in [1.29, 1.82) is 0 Å². The topological polar surface area (TPSA) is 39.7 Å². The molecular weight excluding hydrogens is 580 g/mol. The maximum Gasteiger partial charge on any atom is 0.222 e. The monoisotopic (exact) mass is 608 g/mol. The number of amides is 1. The number of nitrogens with zero attached hydrogens (tertiary/aromatic N) is 4. The van der Waals surface area contributed by atoms with Gasteiger partial charge < -0.3 is 9.80 Å². The molecule has 0 radical (unpaired) electrons. The first kappa shape index (κ1) is 24.7. The Balaban J connectivity index is 1.35. The Hall–Kier alpha value is -0.990. The van der Waals surface area contributed by atoms with Gasteiger partial charge in [0.05, 0.1) is 16.8 Å². The quantitative estimate of drug-likeness (QED) is 0.472. The van der Waals surface area contributed by atoms with Gasteiger partial charge in [0.1, 0.15) is 0 Å². The fourth-order valence-electron chi connectivity index (χ4n) is 5.70. The van der Waals surface area contributed by atoms with E-state index in [1.807, 2.05) is 12.3 Å². The lowest BCUT2D eigenvalue weighted by molar-refractivity contribution is -0.134. The zero-order valence-corrected chi connectivity index (χ0v) is 23.5. The third kappa shape index (κ3) is 5.10. The van der Waals surface area contributed by atoms with Crippen LogP contribution in [0.3, 0.4) is 0 Å². The number of piperazine rings is 1. The van der Waals surface area contributed by atoms with E-state index in [2.05, 4.69) is 65.7 Å². The second kappa shape index (κ2) is 10.6. The Labute approximate surface area is 224 Å². The maximum absolute atomic E-state index is 13.1. The van der Waals surface area contributed by atoms with E-state index in [-0.39, 0.29) is 6.04 Å². The molecule has 3 aliphatic rings. The number of pyridine rings is 1. The number of likely N-dealkylation sites (tertiary alicyclic amines) is 1. The smallest absolute Gasteiger partial charge is 0.222 e. The summed E-state index contributed by atoms with van der Waals surface area (Å²) >= 11 is 13.8. The van der Waals surface area contributed by atoms with E-state index in [4.69, 9.17) is 16.6 Å². The van der Waals surface area contributed by atoms with E-state index in [0.29, 0.717) is 18.2 Å². The van der Waals surface area contributed by atoms with Crippen LogP contribution in [0.15, 0.2) is 33.3 Å². The first-order chi connectivity index (χ1) is 16.4. The molecule has 2 fully saturated rings. The van der Waals surface area contributed by atoms with E-state index in [9.17, 15) is 4.79 Å². The highest BCUT2D eigenvalue weighted by molar-refractivity contribution is 9.10. The van der Waals surface area contributed by atoms with Crippen LogP contribution in [0.4, 0.5) is 0 Å². The van der Waals surface area contributed by atoms with Gasteiger partial charge in [0.15, 0.2) is 0 Å². The minimum atomic E-state index is 0.0697. The normalized spacial score (nSPS) is 22.2. The lowest BCUT2D eigenvalue weighted by atomic mass is 9.93. The van der Waals surface area contributed by atoms with Crippen LogP contribution in [0.25, 0.3) is 0 Å². The van der Waals surface area contributed by atoms with E-state index in [1.165, 1.54) is 16.7 Å². The molecule has 5 nitrogen and oxygen atoms in total. The second-order valence-electron chi connectivity index (χ2n) is 9.90. The van der Waals surface area contributed by atoms with Crippen LogP contribution < -0.4 is 0 Å². The molecule has 2 aliphatic heterocycles. The number of carbonyl (C=O) groups excluding carboxylic acids is 1. The molecule has 2 aromatic rings. The summed E-state index contributed by atoms with van der Waals surface area (Å²) < 4.78 is 2.01. The summed E-state index contributed by atoms with van der Waals surface area (Å²) in [4.78, 5) is 24.9. The number of piperidine rings is 1. The highest BCUT2D eigenvalue weighted by Gasteiger charge is 2.34. The number of hydrogen-bond donors (Lipinski definition) is 0. The predicted molar refractivity (Wildman–Crippen MR) is 143 cm³/mol. The van der Waals surface area contributed by atoms with Gasteiger partial charge in [-0.05, 0) is 112 Å². The third-order valence-electron chi connectivity index (χ3n) is 7.73. The van der Waals surface area contributed by atoms with Crippen LogP contribution in [-0.4, -0.2) is 71.9 Å². The molecule has 0 bridgehead atoms. The van der Waals surface area contributed by atoms with Gasteiger partial charge in [-0.2, -0.15) is 0 Å². The molecule has 0 saturated carbocycles. The van der Waals surface area contributed by atoms with Gasteiger partial charge in [-0.15, -0.1) is 0 Å². The van der Waals surface area contributed by atoms with Crippen molar-refractivity contribution in [2.75, 3.05) is 46.3 Å². The number of benzene rings is 1. The minimum absolute atomic E-state index is 0.0697. The number of aromatic nitrogens is 1. The molecule has 182 valence electrons. The van der Waals surface area contributed by atoms with E-state index in [0.717, 1.165) is 84.6 Å². The SMILES string of the molecule is CN1CCC(CC(=O)N2CCN([C@H]3c4ccc(Cl)c(Br)c4CCc4cc(Br)cnc43)CC2)CC1. The summed E-state index contributed by atoms with van der Waals surface area (Å²) in [6.07, 6.45) is 6.73. The minimum Gasteiger partial charge on any atom is -0.340 e. The molecule has 0 spiro atoms. The number of rotatable bonds is 3. The first-order valence-corrected chi connectivity index (χ1v) is 14.2. The van der Waals surface area contributed by atoms with Gasteiger partial charge in [-0.1, -0.05) is 17.7 Å². The second-order valence-corrected chi connectivity index (χ2v) is 12.0. The number of carbonyl (C=O) groups is 1. The summed E-state index contributed by atoms with van der Waals surface area (Å²) in [5.74, 6) is 0.861. The first-order valence-electron chi connectivity index (χ1n) is 12.2. The summed E-state index contributed by atoms with van der Waals surface area (Å²) in [5.41, 5.74) is 4.95. The zero-order chi connectivity index (χ0) is 23.8. The van der Waals surface area contributed by atoms with Gasteiger partial charge in [0, 0.05) is 47.7 Å². The van der Waals surface area contributed by atoms with Gasteiger partial charge in [-0.25, -0.2) is 0 Å². The van der Waals surface area contributed by atoms with Gasteiger partial charge in [0.2, 0.25) is 5.91 Å². The van der Waals surface area contributed by atoms with Crippen molar-refractivity contribution in [3.05, 3.63) is 60.7 Å². The van der Waals surface area contributed by atoms with Gasteiger partial charge >= 0.3 is 0 Å². The maximum atomic E-state index is 13.1. The molecular formula is C26H31Br2ClN4O. The van der Waals surface area contributed by atoms with Crippen molar-refractivity contribution in [2.45, 2.75) is 38.1 Å². The van der Waals surface area contributed by atoms with Crippen molar-refractivity contribution in [3.8, 4) is 0 Å². The fourth-order valence-corrected chi connectivity index (χ4v) is 6.82. The predicted octanol–water partition coefficient (Wildman–Crippen LogP) is 5.32. The summed E-state index contributed by atoms with van der Waals surface area (Å²) in [7, 11) is 2.17. The molecule has 8 heteroatoms. The van der Waals surface area contributed by atoms with Crippen LogP contribution in [-0.2, 0) is 17.6 Å². The van der Waals surface area contributed by atoms with Crippen molar-refractivity contribution >= 4 is 49.4 Å². The van der Waals surface area contributed by atoms with Crippen molar-refractivity contribution in [1.82, 2.24) is 19.7 Å². The van der Waals surface area contributed by atoms with Crippen LogP contribution in [0.1, 0.15) is 47.7 Å². The number of halogens is 3. The molecule has 1 aromatic carbocycles. The van der Waals surface area contributed by atoms with Crippen LogP contribution in [0, 0.1) is 5.92 Å². The Kier molecular flexibility index (Phi) is 7.66. The molecule has 1 amide bonds.